The van der Waals surface area contributed by atoms with Crippen LogP contribution in [0.3, 0.4) is 0 Å². The summed E-state index contributed by atoms with van der Waals surface area (Å²) in [7, 11) is 1.79. The number of piperidine rings is 1. The van der Waals surface area contributed by atoms with E-state index in [0.29, 0.717) is 11.8 Å². The number of nitrogens with zero attached hydrogens (tertiary/aromatic N) is 6. The van der Waals surface area contributed by atoms with Crippen LogP contribution < -0.4 is 4.90 Å². The van der Waals surface area contributed by atoms with Crippen molar-refractivity contribution in [1.29, 1.82) is 0 Å². The fraction of sp³-hybridized carbons (Fsp3) is 0.581. The number of likely N-dealkylation sites (tertiary alicyclic amines) is 1. The number of pyridine rings is 1. The predicted octanol–water partition coefficient (Wildman–Crippen LogP) is 3.41. The van der Waals surface area contributed by atoms with Gasteiger partial charge in [-0.15, -0.1) is 0 Å². The molecule has 3 aromatic rings. The van der Waals surface area contributed by atoms with E-state index < -0.39 is 0 Å². The molecule has 3 fully saturated rings. The Morgan fingerprint density at radius 2 is 1.88 bits per heavy atom. The van der Waals surface area contributed by atoms with E-state index >= 15 is 0 Å². The average Bonchev–Trinajstić information content (AvgIpc) is 3.44. The molecule has 9 nitrogen and oxygen atoms in total. The first-order valence-corrected chi connectivity index (χ1v) is 14.8. The van der Waals surface area contributed by atoms with Crippen molar-refractivity contribution < 1.29 is 14.6 Å². The maximum absolute atomic E-state index is 12.8. The summed E-state index contributed by atoms with van der Waals surface area (Å²) in [5, 5.41) is 14.1. The highest BCUT2D eigenvalue weighted by atomic mass is 16.5. The van der Waals surface area contributed by atoms with Crippen LogP contribution in [0.4, 0.5) is 5.69 Å². The molecule has 40 heavy (non-hydrogen) atoms. The lowest BCUT2D eigenvalue weighted by molar-refractivity contribution is -0.140. The Balaban J connectivity index is 1.16. The van der Waals surface area contributed by atoms with Gasteiger partial charge in [0.25, 0.3) is 0 Å². The van der Waals surface area contributed by atoms with E-state index in [1.54, 1.807) is 7.11 Å². The summed E-state index contributed by atoms with van der Waals surface area (Å²) >= 11 is 0. The zero-order valence-corrected chi connectivity index (χ0v) is 24.0. The Morgan fingerprint density at radius 1 is 1.12 bits per heavy atom. The van der Waals surface area contributed by atoms with Gasteiger partial charge in [-0.25, -0.2) is 4.52 Å². The van der Waals surface area contributed by atoms with Crippen LogP contribution in [-0.2, 0) is 15.1 Å². The summed E-state index contributed by atoms with van der Waals surface area (Å²) < 4.78 is 8.01. The SMILES string of the molecule is COC1(c2ccc(-c3cc4c(N5CCN(C(=O)C6CC(C)C6)CC5)ccnn4c3)nc2)CCN([C@H](C)CO)CC1. The van der Waals surface area contributed by atoms with Crippen molar-refractivity contribution >= 4 is 17.1 Å². The summed E-state index contributed by atoms with van der Waals surface area (Å²) in [6.07, 6.45) is 9.68. The Bertz CT molecular complexity index is 1320. The Hall–Kier alpha value is -3.01. The molecule has 0 bridgehead atoms. The predicted molar refractivity (Wildman–Crippen MR) is 155 cm³/mol. The van der Waals surface area contributed by atoms with E-state index in [0.717, 1.165) is 93.0 Å². The molecule has 0 unspecified atom stereocenters. The van der Waals surface area contributed by atoms with Gasteiger partial charge in [-0.1, -0.05) is 13.0 Å². The first kappa shape index (κ1) is 27.2. The summed E-state index contributed by atoms with van der Waals surface area (Å²) in [6, 6.07) is 8.64. The number of rotatable bonds is 7. The van der Waals surface area contributed by atoms with Crippen molar-refractivity contribution in [2.45, 2.75) is 51.2 Å². The van der Waals surface area contributed by atoms with E-state index in [9.17, 15) is 9.90 Å². The van der Waals surface area contributed by atoms with E-state index in [2.05, 4.69) is 57.9 Å². The molecule has 3 aliphatic rings. The number of anilines is 1. The third-order valence-electron chi connectivity index (χ3n) is 9.61. The number of hydrogen-bond donors (Lipinski definition) is 1. The minimum absolute atomic E-state index is 0.167. The number of amides is 1. The van der Waals surface area contributed by atoms with Gasteiger partial charge in [0, 0.05) is 88.1 Å². The molecule has 5 heterocycles. The number of hydrogen-bond acceptors (Lipinski definition) is 7. The molecule has 1 amide bonds. The molecule has 1 aliphatic carbocycles. The van der Waals surface area contributed by atoms with Crippen LogP contribution >= 0.6 is 0 Å². The number of aromatic nitrogens is 3. The molecule has 214 valence electrons. The van der Waals surface area contributed by atoms with Crippen molar-refractivity contribution in [3.8, 4) is 11.3 Å². The lowest BCUT2D eigenvalue weighted by Gasteiger charge is -2.42. The Labute approximate surface area is 236 Å². The van der Waals surface area contributed by atoms with Gasteiger partial charge in [-0.05, 0) is 56.7 Å². The highest BCUT2D eigenvalue weighted by molar-refractivity contribution is 5.81. The van der Waals surface area contributed by atoms with Gasteiger partial charge in [0.05, 0.1) is 29.1 Å². The highest BCUT2D eigenvalue weighted by Crippen LogP contribution is 2.38. The van der Waals surface area contributed by atoms with Crippen LogP contribution in [0, 0.1) is 11.8 Å². The third kappa shape index (κ3) is 4.99. The molecule has 0 radical (unpaired) electrons. The number of carbonyl (C=O) groups is 1. The quantitative estimate of drug-likeness (QED) is 0.486. The molecule has 2 saturated heterocycles. The lowest BCUT2D eigenvalue weighted by Crippen LogP contribution is -2.52. The molecule has 3 aromatic heterocycles. The fourth-order valence-corrected chi connectivity index (χ4v) is 6.82. The van der Waals surface area contributed by atoms with Gasteiger partial charge in [0.2, 0.25) is 5.91 Å². The first-order valence-electron chi connectivity index (χ1n) is 14.8. The monoisotopic (exact) mass is 546 g/mol. The van der Waals surface area contributed by atoms with Crippen molar-refractivity contribution in [3.05, 3.63) is 48.4 Å². The van der Waals surface area contributed by atoms with Crippen LogP contribution in [0.15, 0.2) is 42.9 Å². The molecular formula is C31H42N6O3. The Morgan fingerprint density at radius 3 is 2.50 bits per heavy atom. The fourth-order valence-electron chi connectivity index (χ4n) is 6.82. The maximum Gasteiger partial charge on any atom is 0.225 e. The van der Waals surface area contributed by atoms with Gasteiger partial charge in [0.1, 0.15) is 0 Å². The highest BCUT2D eigenvalue weighted by Gasteiger charge is 2.38. The molecule has 0 aromatic carbocycles. The molecule has 0 spiro atoms. The molecule has 1 atom stereocenters. The second-order valence-corrected chi connectivity index (χ2v) is 12.1. The van der Waals surface area contributed by atoms with Crippen LogP contribution in [-0.4, -0.2) is 94.4 Å². The number of piperazine rings is 1. The standard InChI is InChI=1S/C31H42N6O3/c1-22-16-24(17-22)30(39)36-14-12-35(13-15-36)28-6-9-33-37-20-25(18-29(28)37)27-5-4-26(19-32-27)31(40-3)7-10-34(11-8-31)23(2)21-38/h4-6,9,18-20,22-24,38H,7-8,10-17,21H2,1-3H3/t22?,23-,24?/m1/s1. The molecule has 2 aliphatic heterocycles. The largest absolute Gasteiger partial charge is 0.395 e. The summed E-state index contributed by atoms with van der Waals surface area (Å²) in [4.78, 5) is 24.4. The number of carbonyl (C=O) groups excluding carboxylic acids is 1. The molecule has 1 N–H and O–H groups in total. The van der Waals surface area contributed by atoms with Gasteiger partial charge in [-0.2, -0.15) is 5.10 Å². The topological polar surface area (TPSA) is 86.4 Å². The van der Waals surface area contributed by atoms with Gasteiger partial charge in [0.15, 0.2) is 0 Å². The number of ether oxygens (including phenoxy) is 1. The van der Waals surface area contributed by atoms with Crippen molar-refractivity contribution in [2.75, 3.05) is 57.9 Å². The van der Waals surface area contributed by atoms with Gasteiger partial charge >= 0.3 is 0 Å². The zero-order chi connectivity index (χ0) is 27.9. The van der Waals surface area contributed by atoms with E-state index in [-0.39, 0.29) is 24.2 Å². The van der Waals surface area contributed by atoms with E-state index in [4.69, 9.17) is 9.72 Å². The lowest BCUT2D eigenvalue weighted by atomic mass is 9.75. The second-order valence-electron chi connectivity index (χ2n) is 12.1. The van der Waals surface area contributed by atoms with Gasteiger partial charge < -0.3 is 19.6 Å². The molecule has 9 heteroatoms. The molecular weight excluding hydrogens is 504 g/mol. The molecule has 6 rings (SSSR count). The number of fused-ring (bicyclic) bond motifs is 1. The number of aliphatic hydroxyl groups excluding tert-OH is 1. The average molecular weight is 547 g/mol. The molecule has 1 saturated carbocycles. The smallest absolute Gasteiger partial charge is 0.225 e. The minimum atomic E-state index is -0.349. The van der Waals surface area contributed by atoms with Crippen LogP contribution in [0.1, 0.15) is 45.1 Å². The van der Waals surface area contributed by atoms with Crippen LogP contribution in [0.2, 0.25) is 0 Å². The van der Waals surface area contributed by atoms with Gasteiger partial charge in [-0.3, -0.25) is 14.7 Å². The normalized spacial score (nSPS) is 24.2. The van der Waals surface area contributed by atoms with Crippen LogP contribution in [0.5, 0.6) is 0 Å². The van der Waals surface area contributed by atoms with Crippen molar-refractivity contribution in [2.24, 2.45) is 11.8 Å². The zero-order valence-electron chi connectivity index (χ0n) is 24.0. The third-order valence-corrected chi connectivity index (χ3v) is 9.61. The minimum Gasteiger partial charge on any atom is -0.395 e. The van der Waals surface area contributed by atoms with Crippen molar-refractivity contribution in [1.82, 2.24) is 24.4 Å². The van der Waals surface area contributed by atoms with Crippen molar-refractivity contribution in [3.63, 3.8) is 0 Å². The number of aliphatic hydroxyl groups is 1. The summed E-state index contributed by atoms with van der Waals surface area (Å²) in [6.45, 7) is 9.44. The Kier molecular flexibility index (Phi) is 7.54. The number of methoxy groups -OCH3 is 1. The summed E-state index contributed by atoms with van der Waals surface area (Å²) in [5.41, 5.74) is 4.87. The van der Waals surface area contributed by atoms with E-state index in [1.807, 2.05) is 23.1 Å². The first-order chi connectivity index (χ1) is 19.4. The maximum atomic E-state index is 12.8. The summed E-state index contributed by atoms with van der Waals surface area (Å²) in [5.74, 6) is 1.27. The van der Waals surface area contributed by atoms with Crippen LogP contribution in [0.25, 0.3) is 16.8 Å². The second kappa shape index (κ2) is 11.1. The van der Waals surface area contributed by atoms with E-state index in [1.165, 1.54) is 0 Å².